The molecule has 1 aromatic rings. The first-order valence-corrected chi connectivity index (χ1v) is 10.9. The lowest BCUT2D eigenvalue weighted by molar-refractivity contribution is -0.0715. The Bertz CT molecular complexity index is 497. The zero-order chi connectivity index (χ0) is 14.3. The highest BCUT2D eigenvalue weighted by molar-refractivity contribution is 8.01. The molecule has 2 fully saturated rings. The van der Waals surface area contributed by atoms with Gasteiger partial charge in [-0.05, 0) is 48.4 Å². The molecule has 4 rings (SSSR count). The number of thiophene rings is 1. The van der Waals surface area contributed by atoms with E-state index in [0.29, 0.717) is 12.1 Å². The van der Waals surface area contributed by atoms with E-state index in [2.05, 4.69) is 47.2 Å². The fourth-order valence-corrected chi connectivity index (χ4v) is 7.77. The first kappa shape index (κ1) is 14.9. The van der Waals surface area contributed by atoms with Crippen molar-refractivity contribution in [1.29, 1.82) is 0 Å². The average Bonchev–Trinajstić information content (AvgIpc) is 3.08. The van der Waals surface area contributed by atoms with Crippen LogP contribution in [0.1, 0.15) is 44.2 Å². The Morgan fingerprint density at radius 3 is 3.24 bits per heavy atom. The molecule has 0 amide bonds. The Labute approximate surface area is 139 Å². The highest BCUT2D eigenvalue weighted by Gasteiger charge is 2.41. The number of thioether (sulfide) groups is 2. The van der Waals surface area contributed by atoms with E-state index in [-0.39, 0.29) is 5.60 Å². The molecule has 5 heteroatoms. The van der Waals surface area contributed by atoms with Gasteiger partial charge in [-0.3, -0.25) is 0 Å². The standard InChI is InChI=1S/C16H23NOS3/c1-11-8-14(13-3-6-20-15(13)21-11)17-12-2-5-18-16(9-12)4-7-19-10-16/h3,6,11-12,14,17H,2,4-5,7-10H2,1H3/t11-,12-,14-,16+/m0/s1. The van der Waals surface area contributed by atoms with Crippen LogP contribution in [-0.4, -0.2) is 35.0 Å². The first-order chi connectivity index (χ1) is 10.2. The molecule has 4 atom stereocenters. The molecule has 0 aromatic carbocycles. The number of nitrogens with one attached hydrogen (secondary N) is 1. The summed E-state index contributed by atoms with van der Waals surface area (Å²) in [5.41, 5.74) is 1.73. The summed E-state index contributed by atoms with van der Waals surface area (Å²) in [5.74, 6) is 2.48. The average molecular weight is 342 g/mol. The molecule has 2 saturated heterocycles. The molecule has 4 heterocycles. The van der Waals surface area contributed by atoms with Crippen molar-refractivity contribution in [3.05, 3.63) is 17.0 Å². The predicted molar refractivity (Wildman–Crippen MR) is 93.8 cm³/mol. The molecule has 0 aliphatic carbocycles. The minimum Gasteiger partial charge on any atom is -0.374 e. The third-order valence-corrected chi connectivity index (χ3v) is 8.47. The zero-order valence-corrected chi connectivity index (χ0v) is 14.9. The minimum atomic E-state index is 0.188. The molecule has 21 heavy (non-hydrogen) atoms. The molecule has 2 nitrogen and oxygen atoms in total. The highest BCUT2D eigenvalue weighted by atomic mass is 32.2. The Morgan fingerprint density at radius 1 is 1.43 bits per heavy atom. The maximum atomic E-state index is 6.16. The number of ether oxygens (including phenoxy) is 1. The third kappa shape index (κ3) is 3.05. The van der Waals surface area contributed by atoms with Crippen molar-refractivity contribution in [1.82, 2.24) is 5.32 Å². The lowest BCUT2D eigenvalue weighted by Gasteiger charge is -2.40. The summed E-state index contributed by atoms with van der Waals surface area (Å²) in [6.07, 6.45) is 4.88. The third-order valence-electron chi connectivity index (χ3n) is 4.91. The van der Waals surface area contributed by atoms with Crippen LogP contribution in [0.3, 0.4) is 0 Å². The second kappa shape index (κ2) is 6.08. The Kier molecular flexibility index (Phi) is 4.31. The molecule has 3 aliphatic rings. The maximum absolute atomic E-state index is 6.16. The molecule has 116 valence electrons. The van der Waals surface area contributed by atoms with E-state index >= 15 is 0 Å². The van der Waals surface area contributed by atoms with Gasteiger partial charge in [0.15, 0.2) is 0 Å². The van der Waals surface area contributed by atoms with Crippen molar-refractivity contribution in [2.45, 2.75) is 59.8 Å². The summed E-state index contributed by atoms with van der Waals surface area (Å²) < 4.78 is 7.69. The van der Waals surface area contributed by atoms with E-state index in [9.17, 15) is 0 Å². The van der Waals surface area contributed by atoms with Crippen molar-refractivity contribution >= 4 is 34.9 Å². The minimum absolute atomic E-state index is 0.188. The molecule has 0 unspecified atom stereocenters. The Morgan fingerprint density at radius 2 is 2.38 bits per heavy atom. The maximum Gasteiger partial charge on any atom is 0.0795 e. The van der Waals surface area contributed by atoms with Crippen LogP contribution < -0.4 is 5.32 Å². The van der Waals surface area contributed by atoms with Gasteiger partial charge in [0, 0.05) is 29.7 Å². The molecular weight excluding hydrogens is 318 g/mol. The molecule has 0 bridgehead atoms. The van der Waals surface area contributed by atoms with Crippen molar-refractivity contribution in [2.24, 2.45) is 0 Å². The second-order valence-electron chi connectivity index (χ2n) is 6.57. The van der Waals surface area contributed by atoms with E-state index in [4.69, 9.17) is 4.74 Å². The van der Waals surface area contributed by atoms with Crippen molar-refractivity contribution < 1.29 is 4.74 Å². The topological polar surface area (TPSA) is 21.3 Å². The molecule has 1 N–H and O–H groups in total. The highest BCUT2D eigenvalue weighted by Crippen LogP contribution is 2.45. The van der Waals surface area contributed by atoms with Gasteiger partial charge in [0.1, 0.15) is 0 Å². The van der Waals surface area contributed by atoms with Gasteiger partial charge in [0.25, 0.3) is 0 Å². The summed E-state index contributed by atoms with van der Waals surface area (Å²) in [5, 5.41) is 6.97. The summed E-state index contributed by atoms with van der Waals surface area (Å²) in [7, 11) is 0. The van der Waals surface area contributed by atoms with E-state index in [1.165, 1.54) is 41.4 Å². The summed E-state index contributed by atoms with van der Waals surface area (Å²) >= 11 is 6.03. The molecular formula is C16H23NOS3. The fourth-order valence-electron chi connectivity index (χ4n) is 3.82. The van der Waals surface area contributed by atoms with Crippen LogP contribution in [-0.2, 0) is 4.74 Å². The molecule has 0 radical (unpaired) electrons. The Hall–Kier alpha value is 0.320. The first-order valence-electron chi connectivity index (χ1n) is 7.96. The monoisotopic (exact) mass is 341 g/mol. The largest absolute Gasteiger partial charge is 0.374 e. The van der Waals surface area contributed by atoms with Gasteiger partial charge in [0.2, 0.25) is 0 Å². The van der Waals surface area contributed by atoms with Gasteiger partial charge in [-0.2, -0.15) is 11.8 Å². The predicted octanol–water partition coefficient (Wildman–Crippen LogP) is 4.32. The smallest absolute Gasteiger partial charge is 0.0795 e. The van der Waals surface area contributed by atoms with Crippen LogP contribution >= 0.6 is 34.9 Å². The number of fused-ring (bicyclic) bond motifs is 1. The normalized spacial score (nSPS) is 39.6. The SMILES string of the molecule is C[C@H]1C[C@H](N[C@H]2CCO[C@]3(CCSC3)C2)c2ccsc2S1. The van der Waals surface area contributed by atoms with Crippen LogP contribution in [0, 0.1) is 0 Å². The summed E-state index contributed by atoms with van der Waals surface area (Å²) in [6, 6.07) is 3.51. The lowest BCUT2D eigenvalue weighted by Crippen LogP contribution is -2.48. The van der Waals surface area contributed by atoms with Crippen LogP contribution in [0.2, 0.25) is 0 Å². The van der Waals surface area contributed by atoms with Gasteiger partial charge in [-0.15, -0.1) is 23.1 Å². The summed E-state index contributed by atoms with van der Waals surface area (Å²) in [6.45, 7) is 3.30. The number of hydrogen-bond acceptors (Lipinski definition) is 5. The van der Waals surface area contributed by atoms with Gasteiger partial charge in [-0.1, -0.05) is 6.92 Å². The number of hydrogen-bond donors (Lipinski definition) is 1. The van der Waals surface area contributed by atoms with E-state index in [0.717, 1.165) is 11.9 Å². The van der Waals surface area contributed by atoms with Gasteiger partial charge in [0.05, 0.1) is 9.81 Å². The van der Waals surface area contributed by atoms with Gasteiger partial charge >= 0.3 is 0 Å². The van der Waals surface area contributed by atoms with Crippen LogP contribution in [0.4, 0.5) is 0 Å². The van der Waals surface area contributed by atoms with Crippen LogP contribution in [0.15, 0.2) is 15.7 Å². The molecule has 0 saturated carbocycles. The molecule has 1 aromatic heterocycles. The van der Waals surface area contributed by atoms with E-state index in [1.54, 1.807) is 5.56 Å². The second-order valence-corrected chi connectivity index (χ2v) is 10.3. The van der Waals surface area contributed by atoms with Gasteiger partial charge < -0.3 is 10.1 Å². The van der Waals surface area contributed by atoms with E-state index < -0.39 is 0 Å². The van der Waals surface area contributed by atoms with Crippen LogP contribution in [0.25, 0.3) is 0 Å². The quantitative estimate of drug-likeness (QED) is 0.864. The molecule has 1 spiro atoms. The Balaban J connectivity index is 1.46. The van der Waals surface area contributed by atoms with Gasteiger partial charge in [-0.25, -0.2) is 0 Å². The van der Waals surface area contributed by atoms with E-state index in [1.807, 2.05) is 11.3 Å². The van der Waals surface area contributed by atoms with Crippen molar-refractivity contribution in [2.75, 3.05) is 18.1 Å². The van der Waals surface area contributed by atoms with Crippen molar-refractivity contribution in [3.8, 4) is 0 Å². The number of rotatable bonds is 2. The molecule has 3 aliphatic heterocycles. The van der Waals surface area contributed by atoms with Crippen LogP contribution in [0.5, 0.6) is 0 Å². The lowest BCUT2D eigenvalue weighted by atomic mass is 9.89. The fraction of sp³-hybridized carbons (Fsp3) is 0.750. The zero-order valence-electron chi connectivity index (χ0n) is 12.5. The summed E-state index contributed by atoms with van der Waals surface area (Å²) in [4.78, 5) is 0. The van der Waals surface area contributed by atoms with Crippen molar-refractivity contribution in [3.63, 3.8) is 0 Å².